The quantitative estimate of drug-likeness (QED) is 0.214. The van der Waals surface area contributed by atoms with E-state index in [0.29, 0.717) is 16.8 Å². The van der Waals surface area contributed by atoms with Gasteiger partial charge >= 0.3 is 6.03 Å². The van der Waals surface area contributed by atoms with Gasteiger partial charge in [-0.15, -0.1) is 11.8 Å². The molecule has 0 aromatic heterocycles. The Morgan fingerprint density at radius 2 is 1.74 bits per heavy atom. The molecule has 9 nitrogen and oxygen atoms in total. The van der Waals surface area contributed by atoms with Crippen LogP contribution in [0.25, 0.3) is 10.8 Å². The largest absolute Gasteiger partial charge is 0.508 e. The Kier molecular flexibility index (Phi) is 6.42. The molecule has 2 aliphatic rings. The van der Waals surface area contributed by atoms with Crippen LogP contribution in [-0.4, -0.2) is 33.7 Å². The lowest BCUT2D eigenvalue weighted by Gasteiger charge is -2.32. The molecule has 1 spiro atoms. The van der Waals surface area contributed by atoms with Gasteiger partial charge in [0.05, 0.1) is 11.8 Å². The average Bonchev–Trinajstić information content (AvgIpc) is 3.42. The molecule has 4 aromatic rings. The first-order valence-electron chi connectivity index (χ1n) is 12.0. The number of carbonyl (C=O) groups is 3. The number of rotatable bonds is 5. The SMILES string of the molecule is O=C(NNC(c1ccc(Br)cc1)c1c(O)ccc2ccccc12)NN1C(=O)CSC12C(=O)Nc1ccccc12. The van der Waals surface area contributed by atoms with Gasteiger partial charge in [-0.05, 0) is 40.6 Å². The third kappa shape index (κ3) is 4.28. The molecule has 4 amide bonds. The van der Waals surface area contributed by atoms with Crippen molar-refractivity contribution in [1.29, 1.82) is 0 Å². The fourth-order valence-electron chi connectivity index (χ4n) is 5.03. The first-order chi connectivity index (χ1) is 18.9. The topological polar surface area (TPSA) is 123 Å². The summed E-state index contributed by atoms with van der Waals surface area (Å²) in [5, 5.41) is 16.5. The van der Waals surface area contributed by atoms with Gasteiger partial charge in [0.1, 0.15) is 5.75 Å². The van der Waals surface area contributed by atoms with Gasteiger partial charge in [-0.1, -0.05) is 76.6 Å². The molecule has 4 aromatic carbocycles. The Hall–Kier alpha value is -4.06. The lowest BCUT2D eigenvalue weighted by atomic mass is 9.93. The summed E-state index contributed by atoms with van der Waals surface area (Å²) in [6, 6.07) is 24.2. The number of phenolic OH excluding ortho intramolecular Hbond substituents is 1. The Balaban J connectivity index is 1.30. The highest BCUT2D eigenvalue weighted by Gasteiger charge is 2.58. The number of nitrogens with zero attached hydrogens (tertiary/aromatic N) is 1. The van der Waals surface area contributed by atoms with E-state index in [9.17, 15) is 19.5 Å². The molecule has 196 valence electrons. The van der Waals surface area contributed by atoms with Gasteiger partial charge in [-0.2, -0.15) is 0 Å². The van der Waals surface area contributed by atoms with Gasteiger partial charge < -0.3 is 10.4 Å². The zero-order valence-corrected chi connectivity index (χ0v) is 22.7. The van der Waals surface area contributed by atoms with Gasteiger partial charge in [0, 0.05) is 21.3 Å². The lowest BCUT2D eigenvalue weighted by molar-refractivity contribution is -0.139. The third-order valence-corrected chi connectivity index (χ3v) is 8.73. The molecule has 0 radical (unpaired) electrons. The number of hydrogen-bond donors (Lipinski definition) is 5. The van der Waals surface area contributed by atoms with Crippen LogP contribution in [0.3, 0.4) is 0 Å². The number of halogens is 1. The second kappa shape index (κ2) is 9.92. The van der Waals surface area contributed by atoms with Crippen LogP contribution in [0.5, 0.6) is 5.75 Å². The van der Waals surface area contributed by atoms with E-state index in [1.807, 2.05) is 54.6 Å². The highest BCUT2D eigenvalue weighted by atomic mass is 79.9. The van der Waals surface area contributed by atoms with E-state index in [-0.39, 0.29) is 11.5 Å². The van der Waals surface area contributed by atoms with Gasteiger partial charge in [0.2, 0.25) is 4.87 Å². The van der Waals surface area contributed by atoms with Crippen molar-refractivity contribution in [2.75, 3.05) is 11.1 Å². The van der Waals surface area contributed by atoms with Crippen molar-refractivity contribution in [3.05, 3.63) is 106 Å². The van der Waals surface area contributed by atoms with E-state index in [2.05, 4.69) is 37.5 Å². The van der Waals surface area contributed by atoms with Crippen LogP contribution in [0.2, 0.25) is 0 Å². The number of nitrogens with one attached hydrogen (secondary N) is 4. The molecule has 2 aliphatic heterocycles. The summed E-state index contributed by atoms with van der Waals surface area (Å²) in [6.45, 7) is 0. The van der Waals surface area contributed by atoms with Gasteiger partial charge in [0.25, 0.3) is 11.8 Å². The number of aromatic hydroxyl groups is 1. The highest BCUT2D eigenvalue weighted by molar-refractivity contribution is 9.10. The molecule has 2 heterocycles. The first-order valence-corrected chi connectivity index (χ1v) is 13.8. The number of fused-ring (bicyclic) bond motifs is 3. The van der Waals surface area contributed by atoms with Crippen molar-refractivity contribution in [3.8, 4) is 5.75 Å². The maximum Gasteiger partial charge on any atom is 0.348 e. The molecule has 2 atom stereocenters. The summed E-state index contributed by atoms with van der Waals surface area (Å²) in [6.07, 6.45) is 0. The number of amides is 4. The summed E-state index contributed by atoms with van der Waals surface area (Å²) in [4.78, 5) is 37.7. The van der Waals surface area contributed by atoms with Crippen LogP contribution in [0.15, 0.2) is 89.4 Å². The summed E-state index contributed by atoms with van der Waals surface area (Å²) < 4.78 is 0.878. The fourth-order valence-corrected chi connectivity index (χ4v) is 6.54. The van der Waals surface area contributed by atoms with Gasteiger partial charge in [-0.25, -0.2) is 20.7 Å². The number of phenols is 1. The molecule has 1 saturated heterocycles. The zero-order valence-electron chi connectivity index (χ0n) is 20.3. The number of hydrazine groups is 2. The van der Waals surface area contributed by atoms with E-state index in [4.69, 9.17) is 0 Å². The average molecular weight is 604 g/mol. The van der Waals surface area contributed by atoms with Crippen LogP contribution in [0, 0.1) is 0 Å². The van der Waals surface area contributed by atoms with Crippen LogP contribution >= 0.6 is 27.7 Å². The normalized spacial score (nSPS) is 18.7. The van der Waals surface area contributed by atoms with E-state index in [1.54, 1.807) is 30.3 Å². The predicted octanol–water partition coefficient (Wildman–Crippen LogP) is 4.50. The maximum atomic E-state index is 13.2. The van der Waals surface area contributed by atoms with E-state index in [1.165, 1.54) is 0 Å². The molecule has 0 saturated carbocycles. The first kappa shape index (κ1) is 25.2. The molecule has 1 fully saturated rings. The number of anilines is 1. The standard InChI is InChI=1S/C28H22BrN5O4S/c29-18-12-9-17(10-13-18)25(24-19-6-2-1-5-16(19)11-14-22(24)35)31-32-27(38)33-34-23(36)15-39-28(34)20-7-3-4-8-21(20)30-26(28)37/h1-14,25,31,35H,15H2,(H,30,37)(H2,32,33,38). The minimum Gasteiger partial charge on any atom is -0.508 e. The van der Waals surface area contributed by atoms with Crippen LogP contribution in [-0.2, 0) is 14.5 Å². The Morgan fingerprint density at radius 3 is 2.56 bits per heavy atom. The number of hydrogen-bond acceptors (Lipinski definition) is 6. The number of para-hydroxylation sites is 1. The van der Waals surface area contributed by atoms with Gasteiger partial charge in [0.15, 0.2) is 0 Å². The molecule has 11 heteroatoms. The number of carbonyl (C=O) groups excluding carboxylic acids is 3. The molecule has 2 unspecified atom stereocenters. The highest BCUT2D eigenvalue weighted by Crippen LogP contribution is 2.51. The Bertz CT molecular complexity index is 1630. The second-order valence-corrected chi connectivity index (χ2v) is 11.2. The predicted molar refractivity (Wildman–Crippen MR) is 152 cm³/mol. The fraction of sp³-hybridized carbons (Fsp3) is 0.107. The summed E-state index contributed by atoms with van der Waals surface area (Å²) >= 11 is 4.59. The Labute approximate surface area is 236 Å². The van der Waals surface area contributed by atoms with Crippen LogP contribution in [0.1, 0.15) is 22.7 Å². The maximum absolute atomic E-state index is 13.2. The Morgan fingerprint density at radius 1 is 1.00 bits per heavy atom. The van der Waals surface area contributed by atoms with Crippen molar-refractivity contribution in [2.45, 2.75) is 10.9 Å². The van der Waals surface area contributed by atoms with E-state index >= 15 is 0 Å². The minimum atomic E-state index is -1.40. The third-order valence-electron chi connectivity index (χ3n) is 6.80. The lowest BCUT2D eigenvalue weighted by Crippen LogP contribution is -2.59. The van der Waals surface area contributed by atoms with Crippen molar-refractivity contribution in [3.63, 3.8) is 0 Å². The number of urea groups is 1. The molecule has 39 heavy (non-hydrogen) atoms. The van der Waals surface area contributed by atoms with Crippen molar-refractivity contribution >= 4 is 62.0 Å². The minimum absolute atomic E-state index is 0.0286. The smallest absolute Gasteiger partial charge is 0.348 e. The van der Waals surface area contributed by atoms with Crippen molar-refractivity contribution in [1.82, 2.24) is 21.3 Å². The molecule has 6 rings (SSSR count). The summed E-state index contributed by atoms with van der Waals surface area (Å²) in [7, 11) is 0. The van der Waals surface area contributed by atoms with E-state index in [0.717, 1.165) is 37.6 Å². The number of benzene rings is 4. The molecule has 0 aliphatic carbocycles. The summed E-state index contributed by atoms with van der Waals surface area (Å²) in [5.41, 5.74) is 10.8. The molecule has 5 N–H and O–H groups in total. The zero-order chi connectivity index (χ0) is 27.1. The van der Waals surface area contributed by atoms with Crippen molar-refractivity contribution < 1.29 is 19.5 Å². The van der Waals surface area contributed by atoms with Gasteiger partial charge in [-0.3, -0.25) is 15.0 Å². The molecule has 0 bridgehead atoms. The summed E-state index contributed by atoms with van der Waals surface area (Å²) in [5.74, 6) is -0.721. The van der Waals surface area contributed by atoms with Crippen molar-refractivity contribution in [2.24, 2.45) is 0 Å². The molecular weight excluding hydrogens is 582 g/mol. The second-order valence-electron chi connectivity index (χ2n) is 9.08. The number of thioether (sulfide) groups is 1. The molecular formula is C28H22BrN5O4S. The van der Waals surface area contributed by atoms with Crippen LogP contribution in [0.4, 0.5) is 10.5 Å². The monoisotopic (exact) mass is 603 g/mol. The van der Waals surface area contributed by atoms with Crippen LogP contribution < -0.4 is 21.6 Å². The van der Waals surface area contributed by atoms with E-state index < -0.39 is 28.8 Å².